The van der Waals surface area contributed by atoms with Crippen LogP contribution < -0.4 is 5.32 Å². The monoisotopic (exact) mass is 452 g/mol. The molecule has 2 heterocycles. The minimum Gasteiger partial charge on any atom is -0.381 e. The summed E-state index contributed by atoms with van der Waals surface area (Å²) in [6.45, 7) is 0.969. The lowest BCUT2D eigenvalue weighted by atomic mass is 10.0. The van der Waals surface area contributed by atoms with Crippen LogP contribution in [0.3, 0.4) is 0 Å². The van der Waals surface area contributed by atoms with E-state index in [9.17, 15) is 18.4 Å². The Hall–Kier alpha value is -2.65. The molecule has 1 aliphatic heterocycles. The molecule has 31 heavy (non-hydrogen) atoms. The van der Waals surface area contributed by atoms with Crippen LogP contribution in [-0.4, -0.2) is 58.1 Å². The molecular weight excluding hydrogens is 430 g/mol. The van der Waals surface area contributed by atoms with E-state index in [0.717, 1.165) is 4.90 Å². The van der Waals surface area contributed by atoms with Crippen molar-refractivity contribution in [3.8, 4) is 0 Å². The van der Waals surface area contributed by atoms with Crippen LogP contribution in [0, 0.1) is 5.82 Å². The van der Waals surface area contributed by atoms with Crippen molar-refractivity contribution in [2.45, 2.75) is 37.0 Å². The first-order chi connectivity index (χ1) is 15.0. The standard InChI is InChI=1S/C21H23ClF2N4O3/c22-19(24)21(30)28(7-4-14-2-1-3-16(23)10-14)18(15-11-25-13-26-12-15)20(29)27-17-5-8-31-9-6-17/h1-3,10-13,17-19H,4-9H2,(H,27,29)/t18?,19-/m0/s1. The van der Waals surface area contributed by atoms with Crippen molar-refractivity contribution >= 4 is 23.4 Å². The van der Waals surface area contributed by atoms with Gasteiger partial charge in [-0.3, -0.25) is 9.59 Å². The first-order valence-corrected chi connectivity index (χ1v) is 10.4. The Kier molecular flexibility index (Phi) is 8.25. The number of aromatic nitrogens is 2. The molecule has 1 aliphatic rings. The second kappa shape index (κ2) is 11.1. The van der Waals surface area contributed by atoms with Gasteiger partial charge in [0.1, 0.15) is 18.2 Å². The second-order valence-electron chi connectivity index (χ2n) is 7.18. The van der Waals surface area contributed by atoms with Crippen molar-refractivity contribution in [2.24, 2.45) is 0 Å². The molecule has 166 valence electrons. The lowest BCUT2D eigenvalue weighted by molar-refractivity contribution is -0.143. The van der Waals surface area contributed by atoms with E-state index in [1.165, 1.54) is 36.9 Å². The second-order valence-corrected chi connectivity index (χ2v) is 7.57. The van der Waals surface area contributed by atoms with Crippen LogP contribution >= 0.6 is 11.6 Å². The van der Waals surface area contributed by atoms with Crippen LogP contribution in [0.2, 0.25) is 0 Å². The zero-order valence-electron chi connectivity index (χ0n) is 16.7. The van der Waals surface area contributed by atoms with Gasteiger partial charge in [0.25, 0.3) is 11.5 Å². The van der Waals surface area contributed by atoms with Gasteiger partial charge >= 0.3 is 0 Å². The molecule has 0 spiro atoms. The number of carbonyl (C=O) groups excluding carboxylic acids is 2. The number of nitrogens with zero attached hydrogens (tertiary/aromatic N) is 3. The third kappa shape index (κ3) is 6.41. The van der Waals surface area contributed by atoms with Crippen LogP contribution in [0.25, 0.3) is 0 Å². The molecule has 1 aromatic carbocycles. The Bertz CT molecular complexity index is 882. The van der Waals surface area contributed by atoms with Gasteiger partial charge in [0.15, 0.2) is 0 Å². The summed E-state index contributed by atoms with van der Waals surface area (Å²) in [7, 11) is 0. The molecule has 10 heteroatoms. The summed E-state index contributed by atoms with van der Waals surface area (Å²) in [4.78, 5) is 34.8. The highest BCUT2D eigenvalue weighted by Crippen LogP contribution is 2.24. The number of hydrogen-bond donors (Lipinski definition) is 1. The van der Waals surface area contributed by atoms with E-state index in [-0.39, 0.29) is 19.0 Å². The maximum absolute atomic E-state index is 13.9. The molecular formula is C21H23ClF2N4O3. The Morgan fingerprint density at radius 3 is 2.61 bits per heavy atom. The topological polar surface area (TPSA) is 84.4 Å². The average molecular weight is 453 g/mol. The third-order valence-corrected chi connectivity index (χ3v) is 5.21. The average Bonchev–Trinajstić information content (AvgIpc) is 2.77. The molecule has 0 radical (unpaired) electrons. The zero-order valence-corrected chi connectivity index (χ0v) is 17.5. The van der Waals surface area contributed by atoms with Crippen LogP contribution in [0.1, 0.15) is 30.0 Å². The van der Waals surface area contributed by atoms with Gasteiger partial charge in [0.05, 0.1) is 0 Å². The lowest BCUT2D eigenvalue weighted by Crippen LogP contribution is -2.49. The smallest absolute Gasteiger partial charge is 0.273 e. The Morgan fingerprint density at radius 2 is 1.97 bits per heavy atom. The number of amides is 2. The number of hydrogen-bond acceptors (Lipinski definition) is 5. The summed E-state index contributed by atoms with van der Waals surface area (Å²) in [5.74, 6) is -1.98. The lowest BCUT2D eigenvalue weighted by Gasteiger charge is -2.33. The van der Waals surface area contributed by atoms with Gasteiger partial charge in [-0.2, -0.15) is 0 Å². The van der Waals surface area contributed by atoms with Gasteiger partial charge in [-0.05, 0) is 37.0 Å². The first-order valence-electron chi connectivity index (χ1n) is 9.92. The number of ether oxygens (including phenoxy) is 1. The van der Waals surface area contributed by atoms with Gasteiger partial charge < -0.3 is 15.0 Å². The molecule has 1 unspecified atom stereocenters. The zero-order chi connectivity index (χ0) is 22.2. The molecule has 1 N–H and O–H groups in total. The maximum Gasteiger partial charge on any atom is 0.273 e. The Labute approximate surface area is 183 Å². The molecule has 2 aromatic rings. The molecule has 2 amide bonds. The van der Waals surface area contributed by atoms with Crippen LogP contribution in [0.4, 0.5) is 8.78 Å². The summed E-state index contributed by atoms with van der Waals surface area (Å²) in [6, 6.07) is 4.51. The molecule has 1 fully saturated rings. The van der Waals surface area contributed by atoms with Gasteiger partial charge in [-0.15, -0.1) is 0 Å². The SMILES string of the molecule is O=C(NC1CCOCC1)C(c1cncnc1)N(CCc1cccc(F)c1)C(=O)[C@H](F)Cl. The molecule has 2 atom stereocenters. The van der Waals surface area contributed by atoms with Gasteiger partial charge in [0.2, 0.25) is 5.91 Å². The molecule has 1 aromatic heterocycles. The van der Waals surface area contributed by atoms with Crippen LogP contribution in [0.15, 0.2) is 43.0 Å². The van der Waals surface area contributed by atoms with Gasteiger partial charge in [-0.25, -0.2) is 18.7 Å². The van der Waals surface area contributed by atoms with Crippen molar-refractivity contribution in [1.82, 2.24) is 20.2 Å². The quantitative estimate of drug-likeness (QED) is 0.622. The van der Waals surface area contributed by atoms with Crippen molar-refractivity contribution in [3.63, 3.8) is 0 Å². The summed E-state index contributed by atoms with van der Waals surface area (Å²) in [5.41, 5.74) is -1.43. The van der Waals surface area contributed by atoms with Gasteiger partial charge in [0, 0.05) is 43.8 Å². The van der Waals surface area contributed by atoms with Crippen LogP contribution in [0.5, 0.6) is 0 Å². The predicted octanol–water partition coefficient (Wildman–Crippen LogP) is 2.56. The van der Waals surface area contributed by atoms with E-state index in [1.807, 2.05) is 0 Å². The predicted molar refractivity (Wildman–Crippen MR) is 109 cm³/mol. The summed E-state index contributed by atoms with van der Waals surface area (Å²) >= 11 is 5.46. The number of carbonyl (C=O) groups is 2. The molecule has 1 saturated heterocycles. The molecule has 0 aliphatic carbocycles. The minimum atomic E-state index is -2.34. The minimum absolute atomic E-state index is 0.0593. The summed E-state index contributed by atoms with van der Waals surface area (Å²) in [6.07, 6.45) is 5.53. The number of halogens is 3. The fraction of sp³-hybridized carbons (Fsp3) is 0.429. The largest absolute Gasteiger partial charge is 0.381 e. The highest BCUT2D eigenvalue weighted by atomic mass is 35.5. The molecule has 3 rings (SSSR count). The van der Waals surface area contributed by atoms with E-state index < -0.39 is 29.3 Å². The first kappa shape index (κ1) is 23.0. The van der Waals surface area contributed by atoms with Crippen molar-refractivity contribution in [1.29, 1.82) is 0 Å². The molecule has 0 saturated carbocycles. The van der Waals surface area contributed by atoms with E-state index >= 15 is 0 Å². The normalized spacial score (nSPS) is 16.4. The number of rotatable bonds is 8. The Morgan fingerprint density at radius 1 is 1.26 bits per heavy atom. The fourth-order valence-electron chi connectivity index (χ4n) is 3.48. The highest BCUT2D eigenvalue weighted by Gasteiger charge is 2.35. The molecule has 7 nitrogen and oxygen atoms in total. The molecule has 0 bridgehead atoms. The van der Waals surface area contributed by atoms with Crippen molar-refractivity contribution in [3.05, 3.63) is 59.9 Å². The van der Waals surface area contributed by atoms with Crippen molar-refractivity contribution in [2.75, 3.05) is 19.8 Å². The summed E-state index contributed by atoms with van der Waals surface area (Å²) < 4.78 is 32.7. The third-order valence-electron chi connectivity index (χ3n) is 5.02. The number of nitrogens with one attached hydrogen (secondary N) is 1. The Balaban J connectivity index is 1.87. The maximum atomic E-state index is 13.9. The van der Waals surface area contributed by atoms with Gasteiger partial charge in [-0.1, -0.05) is 23.7 Å². The fourth-order valence-corrected chi connectivity index (χ4v) is 3.61. The van der Waals surface area contributed by atoms with Crippen LogP contribution in [-0.2, 0) is 20.7 Å². The van der Waals surface area contributed by atoms with E-state index in [2.05, 4.69) is 15.3 Å². The van der Waals surface area contributed by atoms with Crippen molar-refractivity contribution < 1.29 is 23.1 Å². The number of benzene rings is 1. The summed E-state index contributed by atoms with van der Waals surface area (Å²) in [5, 5.41) is 2.91. The number of alkyl halides is 2. The highest BCUT2D eigenvalue weighted by molar-refractivity contribution is 6.29. The van der Waals surface area contributed by atoms with E-state index in [4.69, 9.17) is 16.3 Å². The van der Waals surface area contributed by atoms with E-state index in [1.54, 1.807) is 6.07 Å². The van der Waals surface area contributed by atoms with E-state index in [0.29, 0.717) is 37.2 Å².